The minimum atomic E-state index is -3.08. The van der Waals surface area contributed by atoms with Crippen LogP contribution in [0.25, 0.3) is 0 Å². The van der Waals surface area contributed by atoms with Crippen molar-refractivity contribution >= 4 is 50.0 Å². The molecule has 2 aromatic carbocycles. The van der Waals surface area contributed by atoms with E-state index in [0.717, 1.165) is 11.3 Å². The Balaban J connectivity index is 1.56. The van der Waals surface area contributed by atoms with Gasteiger partial charge in [0, 0.05) is 22.4 Å². The topological polar surface area (TPSA) is 66.8 Å². The first-order chi connectivity index (χ1) is 13.4. The monoisotopic (exact) mass is 434 g/mol. The summed E-state index contributed by atoms with van der Waals surface area (Å²) in [5.41, 5.74) is 1.89. The van der Waals surface area contributed by atoms with Gasteiger partial charge in [-0.3, -0.25) is 4.79 Å². The molecule has 0 bridgehead atoms. The van der Waals surface area contributed by atoms with Crippen LogP contribution in [-0.2, 0) is 21.1 Å². The highest BCUT2D eigenvalue weighted by atomic mass is 35.5. The third-order valence-corrected chi connectivity index (χ3v) is 8.32. The summed E-state index contributed by atoms with van der Waals surface area (Å²) in [5, 5.41) is 1.07. The lowest BCUT2D eigenvalue weighted by Gasteiger charge is -2.24. The Morgan fingerprint density at radius 2 is 1.82 bits per heavy atom. The standard InChI is InChI=1S/C20H19ClN2O3S2/c21-15-7-9-16(10-8-15)23-17-12-28(25,26)13-18(17)27-20(23)22-19(24)11-6-14-4-2-1-3-5-14/h1-5,7-10,17-18H,6,11-13H2. The van der Waals surface area contributed by atoms with Gasteiger partial charge in [0.05, 0.1) is 17.5 Å². The van der Waals surface area contributed by atoms with Crippen LogP contribution >= 0.6 is 23.4 Å². The van der Waals surface area contributed by atoms with Gasteiger partial charge < -0.3 is 4.90 Å². The van der Waals surface area contributed by atoms with Crippen LogP contribution in [0.15, 0.2) is 59.6 Å². The summed E-state index contributed by atoms with van der Waals surface area (Å²) in [4.78, 5) is 18.7. The molecule has 2 atom stereocenters. The molecule has 2 unspecified atom stereocenters. The van der Waals surface area contributed by atoms with Gasteiger partial charge >= 0.3 is 0 Å². The van der Waals surface area contributed by atoms with Crippen LogP contribution < -0.4 is 4.90 Å². The number of carbonyl (C=O) groups is 1. The number of sulfone groups is 1. The second-order valence-corrected chi connectivity index (χ2v) is 10.7. The quantitative estimate of drug-likeness (QED) is 0.735. The van der Waals surface area contributed by atoms with E-state index in [1.54, 1.807) is 12.1 Å². The van der Waals surface area contributed by atoms with Crippen LogP contribution in [0, 0.1) is 0 Å². The molecule has 2 aromatic rings. The van der Waals surface area contributed by atoms with E-state index in [2.05, 4.69) is 4.99 Å². The number of hydrogen-bond donors (Lipinski definition) is 0. The zero-order valence-corrected chi connectivity index (χ0v) is 17.4. The number of hydrogen-bond acceptors (Lipinski definition) is 4. The van der Waals surface area contributed by atoms with Crippen molar-refractivity contribution in [3.63, 3.8) is 0 Å². The minimum Gasteiger partial charge on any atom is -0.316 e. The van der Waals surface area contributed by atoms with Crippen molar-refractivity contribution in [2.45, 2.75) is 24.1 Å². The lowest BCUT2D eigenvalue weighted by molar-refractivity contribution is -0.117. The van der Waals surface area contributed by atoms with Crippen LogP contribution in [0.5, 0.6) is 0 Å². The number of fused-ring (bicyclic) bond motifs is 1. The molecule has 1 amide bonds. The van der Waals surface area contributed by atoms with Gasteiger partial charge in [-0.15, -0.1) is 0 Å². The van der Waals surface area contributed by atoms with Crippen LogP contribution in [0.4, 0.5) is 5.69 Å². The number of amides is 1. The van der Waals surface area contributed by atoms with Gasteiger partial charge in [-0.2, -0.15) is 4.99 Å². The van der Waals surface area contributed by atoms with Gasteiger partial charge in [0.15, 0.2) is 15.0 Å². The van der Waals surface area contributed by atoms with E-state index in [9.17, 15) is 13.2 Å². The second kappa shape index (κ2) is 7.89. The van der Waals surface area contributed by atoms with Crippen LogP contribution in [0.1, 0.15) is 12.0 Å². The molecule has 2 aliphatic rings. The van der Waals surface area contributed by atoms with Crippen molar-refractivity contribution in [1.29, 1.82) is 0 Å². The molecule has 0 aromatic heterocycles. The van der Waals surface area contributed by atoms with Crippen molar-refractivity contribution in [1.82, 2.24) is 0 Å². The average molecular weight is 435 g/mol. The van der Waals surface area contributed by atoms with Gasteiger partial charge in [0.1, 0.15) is 0 Å². The number of nitrogens with zero attached hydrogens (tertiary/aromatic N) is 2. The predicted octanol–water partition coefficient (Wildman–Crippen LogP) is 3.57. The first kappa shape index (κ1) is 19.5. The summed E-state index contributed by atoms with van der Waals surface area (Å²) in [7, 11) is -3.08. The summed E-state index contributed by atoms with van der Waals surface area (Å²) in [6.45, 7) is 0. The number of amidine groups is 1. The number of thioether (sulfide) groups is 1. The summed E-state index contributed by atoms with van der Waals surface area (Å²) in [6, 6.07) is 16.8. The Bertz CT molecular complexity index is 1010. The summed E-state index contributed by atoms with van der Waals surface area (Å²) in [5.74, 6) is -0.0121. The lowest BCUT2D eigenvalue weighted by Crippen LogP contribution is -2.37. The lowest BCUT2D eigenvalue weighted by atomic mass is 10.1. The van der Waals surface area contributed by atoms with Gasteiger partial charge in [-0.1, -0.05) is 53.7 Å². The largest absolute Gasteiger partial charge is 0.316 e. The average Bonchev–Trinajstić information content (AvgIpc) is 3.12. The Morgan fingerprint density at radius 3 is 2.54 bits per heavy atom. The minimum absolute atomic E-state index is 0.0739. The van der Waals surface area contributed by atoms with Crippen molar-refractivity contribution in [3.05, 3.63) is 65.2 Å². The zero-order valence-electron chi connectivity index (χ0n) is 15.0. The molecule has 0 saturated carbocycles. The molecule has 8 heteroatoms. The normalized spacial score (nSPS) is 24.5. The van der Waals surface area contributed by atoms with E-state index >= 15 is 0 Å². The van der Waals surface area contributed by atoms with E-state index < -0.39 is 9.84 Å². The highest BCUT2D eigenvalue weighted by molar-refractivity contribution is 8.16. The predicted molar refractivity (Wildman–Crippen MR) is 115 cm³/mol. The SMILES string of the molecule is O=C(CCc1ccccc1)N=C1SC2CS(=O)(=O)CC2N1c1ccc(Cl)cc1. The van der Waals surface area contributed by atoms with E-state index in [4.69, 9.17) is 11.6 Å². The van der Waals surface area contributed by atoms with Gasteiger partial charge in [0.2, 0.25) is 5.91 Å². The molecule has 0 aliphatic carbocycles. The number of aryl methyl sites for hydroxylation is 1. The Kier molecular flexibility index (Phi) is 5.49. The number of benzene rings is 2. The third-order valence-electron chi connectivity index (χ3n) is 4.86. The van der Waals surface area contributed by atoms with Crippen molar-refractivity contribution in [2.75, 3.05) is 16.4 Å². The molecule has 2 aliphatic heterocycles. The van der Waals surface area contributed by atoms with Crippen LogP contribution in [0.3, 0.4) is 0 Å². The molecular formula is C20H19ClN2O3S2. The maximum atomic E-state index is 12.5. The zero-order chi connectivity index (χ0) is 19.7. The van der Waals surface area contributed by atoms with E-state index in [1.165, 1.54) is 11.8 Å². The van der Waals surface area contributed by atoms with Gasteiger partial charge in [-0.05, 0) is 36.2 Å². The Labute approximate surface area is 173 Å². The molecule has 146 valence electrons. The number of rotatable bonds is 4. The molecule has 2 fully saturated rings. The fourth-order valence-electron chi connectivity index (χ4n) is 3.53. The molecule has 0 radical (unpaired) electrons. The number of halogens is 1. The Morgan fingerprint density at radius 1 is 1.11 bits per heavy atom. The molecule has 5 nitrogen and oxygen atoms in total. The van der Waals surface area contributed by atoms with E-state index in [0.29, 0.717) is 23.0 Å². The van der Waals surface area contributed by atoms with Crippen LogP contribution in [0.2, 0.25) is 5.02 Å². The highest BCUT2D eigenvalue weighted by Crippen LogP contribution is 2.41. The summed E-state index contributed by atoms with van der Waals surface area (Å²) < 4.78 is 24.2. The van der Waals surface area contributed by atoms with E-state index in [-0.39, 0.29) is 28.7 Å². The molecule has 2 heterocycles. The van der Waals surface area contributed by atoms with Crippen molar-refractivity contribution < 1.29 is 13.2 Å². The molecule has 2 saturated heterocycles. The smallest absolute Gasteiger partial charge is 0.248 e. The Hall–Kier alpha value is -1.83. The molecule has 0 spiro atoms. The maximum absolute atomic E-state index is 12.5. The first-order valence-corrected chi connectivity index (χ1v) is 12.1. The summed E-state index contributed by atoms with van der Waals surface area (Å²) in [6.07, 6.45) is 0.944. The highest BCUT2D eigenvalue weighted by Gasteiger charge is 2.49. The molecule has 4 rings (SSSR count). The third kappa shape index (κ3) is 4.26. The molecule has 28 heavy (non-hydrogen) atoms. The maximum Gasteiger partial charge on any atom is 0.248 e. The van der Waals surface area contributed by atoms with Crippen molar-refractivity contribution in [3.8, 4) is 0 Å². The summed E-state index contributed by atoms with van der Waals surface area (Å²) >= 11 is 7.37. The van der Waals surface area contributed by atoms with E-state index in [1.807, 2.05) is 47.4 Å². The van der Waals surface area contributed by atoms with Gasteiger partial charge in [-0.25, -0.2) is 8.42 Å². The van der Waals surface area contributed by atoms with Crippen molar-refractivity contribution in [2.24, 2.45) is 4.99 Å². The molecule has 0 N–H and O–H groups in total. The van der Waals surface area contributed by atoms with Crippen LogP contribution in [-0.4, -0.2) is 42.3 Å². The number of carbonyl (C=O) groups excluding carboxylic acids is 1. The first-order valence-electron chi connectivity index (χ1n) is 8.99. The number of anilines is 1. The second-order valence-electron chi connectivity index (χ2n) is 6.92. The fourth-order valence-corrected chi connectivity index (χ4v) is 7.58. The molecular weight excluding hydrogens is 416 g/mol. The van der Waals surface area contributed by atoms with Gasteiger partial charge in [0.25, 0.3) is 0 Å². The fraction of sp³-hybridized carbons (Fsp3) is 0.300. The number of aliphatic imine (C=N–C) groups is 1.